The van der Waals surface area contributed by atoms with Crippen molar-refractivity contribution in [3.05, 3.63) is 59.4 Å². The quantitative estimate of drug-likeness (QED) is 0.712. The van der Waals surface area contributed by atoms with E-state index in [4.69, 9.17) is 11.6 Å². The van der Waals surface area contributed by atoms with Crippen LogP contribution in [-0.4, -0.2) is 52.6 Å². The molecule has 1 aliphatic heterocycles. The highest BCUT2D eigenvalue weighted by Gasteiger charge is 2.18. The van der Waals surface area contributed by atoms with E-state index in [-0.39, 0.29) is 10.7 Å². The monoisotopic (exact) mass is 411 g/mol. The van der Waals surface area contributed by atoms with Gasteiger partial charge in [0.2, 0.25) is 10.0 Å². The smallest absolute Gasteiger partial charge is 0.240 e. The number of hydrogen-bond donors (Lipinski definition) is 1. The Kier molecular flexibility index (Phi) is 6.70. The highest BCUT2D eigenvalue weighted by Crippen LogP contribution is 2.17. The van der Waals surface area contributed by atoms with E-state index in [9.17, 15) is 12.8 Å². The lowest BCUT2D eigenvalue weighted by Gasteiger charge is -2.36. The molecular formula is C19H23ClFN3O2S. The van der Waals surface area contributed by atoms with Crippen LogP contribution in [-0.2, 0) is 10.0 Å². The van der Waals surface area contributed by atoms with Gasteiger partial charge in [-0.3, -0.25) is 4.90 Å². The largest absolute Gasteiger partial charge is 0.369 e. The van der Waals surface area contributed by atoms with Crippen molar-refractivity contribution in [2.24, 2.45) is 0 Å². The van der Waals surface area contributed by atoms with Gasteiger partial charge >= 0.3 is 0 Å². The average Bonchev–Trinajstić information content (AvgIpc) is 2.66. The molecule has 8 heteroatoms. The van der Waals surface area contributed by atoms with Crippen molar-refractivity contribution in [2.75, 3.05) is 44.2 Å². The third-order valence-electron chi connectivity index (χ3n) is 4.61. The Morgan fingerprint density at radius 1 is 1.04 bits per heavy atom. The fourth-order valence-electron chi connectivity index (χ4n) is 3.11. The zero-order valence-corrected chi connectivity index (χ0v) is 16.5. The summed E-state index contributed by atoms with van der Waals surface area (Å²) in [6.07, 6.45) is 0.732. The predicted octanol–water partition coefficient (Wildman–Crippen LogP) is 2.97. The molecule has 0 aliphatic carbocycles. The zero-order valence-electron chi connectivity index (χ0n) is 14.9. The first-order valence-electron chi connectivity index (χ1n) is 8.92. The Labute approximate surface area is 164 Å². The van der Waals surface area contributed by atoms with Gasteiger partial charge in [-0.15, -0.1) is 0 Å². The summed E-state index contributed by atoms with van der Waals surface area (Å²) in [5.74, 6) is -0.224. The normalized spacial score (nSPS) is 15.9. The highest BCUT2D eigenvalue weighted by atomic mass is 35.5. The molecule has 1 saturated heterocycles. The van der Waals surface area contributed by atoms with Crippen LogP contribution in [0.2, 0.25) is 5.02 Å². The summed E-state index contributed by atoms with van der Waals surface area (Å²) < 4.78 is 40.1. The molecule has 0 atom stereocenters. The van der Waals surface area contributed by atoms with Crippen molar-refractivity contribution in [3.63, 3.8) is 0 Å². The van der Waals surface area contributed by atoms with Crippen LogP contribution < -0.4 is 9.62 Å². The van der Waals surface area contributed by atoms with Crippen LogP contribution in [0.1, 0.15) is 6.42 Å². The van der Waals surface area contributed by atoms with E-state index in [1.807, 2.05) is 0 Å². The summed E-state index contributed by atoms with van der Waals surface area (Å²) in [5.41, 5.74) is 1.03. The van der Waals surface area contributed by atoms with Gasteiger partial charge in [0.25, 0.3) is 0 Å². The zero-order chi connectivity index (χ0) is 19.3. The van der Waals surface area contributed by atoms with Crippen molar-refractivity contribution >= 4 is 27.3 Å². The second kappa shape index (κ2) is 9.01. The summed E-state index contributed by atoms with van der Waals surface area (Å²) in [5, 5.41) is 0.400. The van der Waals surface area contributed by atoms with Crippen LogP contribution in [0.15, 0.2) is 53.4 Å². The van der Waals surface area contributed by atoms with E-state index in [0.29, 0.717) is 11.6 Å². The van der Waals surface area contributed by atoms with Gasteiger partial charge in [-0.05, 0) is 55.4 Å². The lowest BCUT2D eigenvalue weighted by molar-refractivity contribution is 0.255. The summed E-state index contributed by atoms with van der Waals surface area (Å²) in [4.78, 5) is 4.73. The van der Waals surface area contributed by atoms with Gasteiger partial charge in [-0.2, -0.15) is 0 Å². The summed E-state index contributed by atoms with van der Waals surface area (Å²) in [7, 11) is -3.53. The number of halogens is 2. The fraction of sp³-hybridized carbons (Fsp3) is 0.368. The molecule has 2 aromatic carbocycles. The van der Waals surface area contributed by atoms with E-state index in [2.05, 4.69) is 14.5 Å². The molecule has 0 amide bonds. The maximum absolute atomic E-state index is 13.0. The standard InChI is InChI=1S/C19H23ClFN3O2S/c20-16-3-1-4-19(15-16)27(25,26)22-9-2-10-23-11-13-24(14-12-23)18-7-5-17(21)6-8-18/h1,3-8,15,22H,2,9-14H2. The van der Waals surface area contributed by atoms with E-state index in [1.165, 1.54) is 24.3 Å². The van der Waals surface area contributed by atoms with Gasteiger partial charge < -0.3 is 4.90 Å². The third-order valence-corrected chi connectivity index (χ3v) is 6.31. The van der Waals surface area contributed by atoms with Crippen molar-refractivity contribution < 1.29 is 12.8 Å². The van der Waals surface area contributed by atoms with Crippen LogP contribution in [0.5, 0.6) is 0 Å². The molecule has 0 saturated carbocycles. The maximum atomic E-state index is 13.0. The van der Waals surface area contributed by atoms with Crippen molar-refractivity contribution in [1.29, 1.82) is 0 Å². The Morgan fingerprint density at radius 3 is 2.41 bits per heavy atom. The van der Waals surface area contributed by atoms with E-state index in [1.54, 1.807) is 24.3 Å². The van der Waals surface area contributed by atoms with Crippen LogP contribution in [0.3, 0.4) is 0 Å². The number of nitrogens with one attached hydrogen (secondary N) is 1. The van der Waals surface area contributed by atoms with Crippen LogP contribution >= 0.6 is 11.6 Å². The lowest BCUT2D eigenvalue weighted by atomic mass is 10.2. The van der Waals surface area contributed by atoms with Gasteiger partial charge in [-0.1, -0.05) is 17.7 Å². The maximum Gasteiger partial charge on any atom is 0.240 e. The van der Waals surface area contributed by atoms with Gasteiger partial charge in [0.1, 0.15) is 5.82 Å². The molecule has 1 aliphatic rings. The Hall–Kier alpha value is -1.67. The lowest BCUT2D eigenvalue weighted by Crippen LogP contribution is -2.47. The molecule has 1 fully saturated rings. The molecule has 1 heterocycles. The van der Waals surface area contributed by atoms with Crippen LogP contribution in [0, 0.1) is 5.82 Å². The van der Waals surface area contributed by atoms with Gasteiger partial charge in [-0.25, -0.2) is 17.5 Å². The molecular weight excluding hydrogens is 389 g/mol. The predicted molar refractivity (Wildman–Crippen MR) is 106 cm³/mol. The summed E-state index contributed by atoms with van der Waals surface area (Å²) in [6, 6.07) is 12.8. The van der Waals surface area contributed by atoms with Crippen molar-refractivity contribution in [1.82, 2.24) is 9.62 Å². The summed E-state index contributed by atoms with van der Waals surface area (Å²) >= 11 is 5.86. The number of sulfonamides is 1. The van der Waals surface area contributed by atoms with E-state index in [0.717, 1.165) is 44.8 Å². The molecule has 0 radical (unpaired) electrons. The molecule has 0 bridgehead atoms. The molecule has 27 heavy (non-hydrogen) atoms. The number of benzene rings is 2. The first-order valence-corrected chi connectivity index (χ1v) is 10.8. The van der Waals surface area contributed by atoms with Crippen LogP contribution in [0.25, 0.3) is 0 Å². The fourth-order valence-corrected chi connectivity index (χ4v) is 4.48. The number of hydrogen-bond acceptors (Lipinski definition) is 4. The molecule has 5 nitrogen and oxygen atoms in total. The minimum Gasteiger partial charge on any atom is -0.369 e. The van der Waals surface area contributed by atoms with Crippen LogP contribution in [0.4, 0.5) is 10.1 Å². The van der Waals surface area contributed by atoms with E-state index >= 15 is 0 Å². The number of nitrogens with zero attached hydrogens (tertiary/aromatic N) is 2. The Bertz CT molecular complexity index is 854. The highest BCUT2D eigenvalue weighted by molar-refractivity contribution is 7.89. The second-order valence-electron chi connectivity index (χ2n) is 6.51. The number of piperazine rings is 1. The Balaban J connectivity index is 1.40. The van der Waals surface area contributed by atoms with Crippen molar-refractivity contribution in [3.8, 4) is 0 Å². The molecule has 1 N–H and O–H groups in total. The van der Waals surface area contributed by atoms with Gasteiger partial charge in [0, 0.05) is 43.4 Å². The number of anilines is 1. The number of rotatable bonds is 7. The Morgan fingerprint density at radius 2 is 1.74 bits per heavy atom. The van der Waals surface area contributed by atoms with Gasteiger partial charge in [0.05, 0.1) is 4.90 Å². The average molecular weight is 412 g/mol. The second-order valence-corrected chi connectivity index (χ2v) is 8.72. The molecule has 0 unspecified atom stereocenters. The van der Waals surface area contributed by atoms with Crippen molar-refractivity contribution in [2.45, 2.75) is 11.3 Å². The van der Waals surface area contributed by atoms with Gasteiger partial charge in [0.15, 0.2) is 0 Å². The molecule has 0 spiro atoms. The molecule has 0 aromatic heterocycles. The minimum atomic E-state index is -3.53. The molecule has 3 rings (SSSR count). The first kappa shape index (κ1) is 20.1. The minimum absolute atomic E-state index is 0.183. The first-order chi connectivity index (χ1) is 12.9. The molecule has 2 aromatic rings. The van der Waals surface area contributed by atoms with E-state index < -0.39 is 10.0 Å². The summed E-state index contributed by atoms with van der Waals surface area (Å²) in [6.45, 7) is 4.76. The third kappa shape index (κ3) is 5.65. The topological polar surface area (TPSA) is 52.7 Å². The molecule has 146 valence electrons. The SMILES string of the molecule is O=S(=O)(NCCCN1CCN(c2ccc(F)cc2)CC1)c1cccc(Cl)c1.